The van der Waals surface area contributed by atoms with Crippen molar-refractivity contribution in [2.75, 3.05) is 32.0 Å². The van der Waals surface area contributed by atoms with Crippen LogP contribution >= 0.6 is 35.3 Å². The minimum Gasteiger partial charge on any atom is -0.507 e. The van der Waals surface area contributed by atoms with Crippen LogP contribution in [0, 0.1) is 5.92 Å². The fourth-order valence-corrected chi connectivity index (χ4v) is 4.02. The number of amides is 2. The Morgan fingerprint density at radius 1 is 1.33 bits per heavy atom. The zero-order valence-corrected chi connectivity index (χ0v) is 17.1. The Morgan fingerprint density at radius 2 is 2.11 bits per heavy atom. The highest BCUT2D eigenvalue weighted by molar-refractivity contribution is 7.14. The van der Waals surface area contributed by atoms with E-state index in [-0.39, 0.29) is 29.6 Å². The van der Waals surface area contributed by atoms with Gasteiger partial charge in [0.2, 0.25) is 0 Å². The maximum absolute atomic E-state index is 12.8. The van der Waals surface area contributed by atoms with Crippen LogP contribution in [0.4, 0.5) is 5.00 Å². The van der Waals surface area contributed by atoms with Gasteiger partial charge < -0.3 is 20.6 Å². The molecule has 0 bridgehead atoms. The Bertz CT molecular complexity index is 828. The molecule has 1 aromatic carbocycles. The number of aromatic hydroxyl groups is 1. The van der Waals surface area contributed by atoms with Crippen LogP contribution in [-0.4, -0.2) is 48.5 Å². The van der Waals surface area contributed by atoms with Gasteiger partial charge in [-0.2, -0.15) is 0 Å². The highest BCUT2D eigenvalue weighted by Crippen LogP contribution is 2.29. The number of anilines is 1. The first-order valence-corrected chi connectivity index (χ1v) is 9.56. The summed E-state index contributed by atoms with van der Waals surface area (Å²) < 4.78 is 0. The average molecular weight is 430 g/mol. The normalized spacial score (nSPS) is 16.1. The van der Waals surface area contributed by atoms with Gasteiger partial charge in [0.1, 0.15) is 10.8 Å². The lowest BCUT2D eigenvalue weighted by Crippen LogP contribution is -2.30. The van der Waals surface area contributed by atoms with Crippen molar-refractivity contribution in [3.8, 4) is 5.75 Å². The Kier molecular flexibility index (Phi) is 7.49. The molecule has 2 amide bonds. The summed E-state index contributed by atoms with van der Waals surface area (Å²) in [6.07, 6.45) is 0.969. The summed E-state index contributed by atoms with van der Waals surface area (Å²) in [7, 11) is 1.91. The van der Waals surface area contributed by atoms with Crippen LogP contribution in [0.15, 0.2) is 29.6 Å². The fourth-order valence-electron chi connectivity index (χ4n) is 3.08. The molecule has 1 aliphatic heterocycles. The molecule has 0 radical (unpaired) electrons. The number of nitrogens with one attached hydrogen (secondary N) is 2. The molecule has 27 heavy (non-hydrogen) atoms. The van der Waals surface area contributed by atoms with Crippen LogP contribution in [0.1, 0.15) is 27.1 Å². The van der Waals surface area contributed by atoms with Gasteiger partial charge in [0.15, 0.2) is 0 Å². The topological polar surface area (TPSA) is 81.7 Å². The number of halogens is 2. The maximum atomic E-state index is 12.8. The van der Waals surface area contributed by atoms with Gasteiger partial charge in [0.05, 0.1) is 11.1 Å². The van der Waals surface area contributed by atoms with Crippen LogP contribution in [0.5, 0.6) is 5.75 Å². The molecule has 3 rings (SSSR count). The van der Waals surface area contributed by atoms with Gasteiger partial charge in [-0.15, -0.1) is 23.7 Å². The van der Waals surface area contributed by atoms with E-state index in [1.165, 1.54) is 29.5 Å². The van der Waals surface area contributed by atoms with Crippen molar-refractivity contribution in [3.05, 3.63) is 45.8 Å². The number of carbonyl (C=O) groups is 2. The third-order valence-electron chi connectivity index (χ3n) is 4.39. The highest BCUT2D eigenvalue weighted by Gasteiger charge is 2.28. The molecule has 3 N–H and O–H groups in total. The summed E-state index contributed by atoms with van der Waals surface area (Å²) in [5.74, 6) is -0.314. The van der Waals surface area contributed by atoms with E-state index in [1.807, 2.05) is 11.9 Å². The van der Waals surface area contributed by atoms with Crippen molar-refractivity contribution in [2.45, 2.75) is 6.42 Å². The number of likely N-dealkylation sites (tertiary alicyclic amines) is 1. The second-order valence-corrected chi connectivity index (χ2v) is 7.60. The zero-order valence-electron chi connectivity index (χ0n) is 14.7. The van der Waals surface area contributed by atoms with Gasteiger partial charge in [-0.25, -0.2) is 0 Å². The Hall–Kier alpha value is -1.80. The van der Waals surface area contributed by atoms with E-state index < -0.39 is 5.91 Å². The molecule has 1 fully saturated rings. The van der Waals surface area contributed by atoms with Crippen molar-refractivity contribution in [3.63, 3.8) is 0 Å². The second-order valence-electron chi connectivity index (χ2n) is 6.24. The number of hydrogen-bond donors (Lipinski definition) is 3. The molecule has 1 atom stereocenters. The zero-order chi connectivity index (χ0) is 18.7. The number of thiophene rings is 1. The minimum atomic E-state index is -0.481. The molecular formula is C18H21Cl2N3O3S. The Labute approximate surface area is 172 Å². The first-order chi connectivity index (χ1) is 12.5. The van der Waals surface area contributed by atoms with E-state index in [9.17, 15) is 14.7 Å². The van der Waals surface area contributed by atoms with Crippen LogP contribution in [0.25, 0.3) is 0 Å². The lowest BCUT2D eigenvalue weighted by Gasteiger charge is -2.17. The van der Waals surface area contributed by atoms with Crippen LogP contribution in [0.2, 0.25) is 5.02 Å². The van der Waals surface area contributed by atoms with Crippen molar-refractivity contribution in [1.82, 2.24) is 10.2 Å². The van der Waals surface area contributed by atoms with Crippen molar-refractivity contribution >= 4 is 52.2 Å². The molecule has 1 saturated heterocycles. The number of phenols is 1. The van der Waals surface area contributed by atoms with Gasteiger partial charge in [0, 0.05) is 18.1 Å². The number of phenolic OH excluding ortho intramolecular Hbond substituents is 1. The Morgan fingerprint density at radius 3 is 2.81 bits per heavy atom. The Balaban J connectivity index is 0.00000261. The molecule has 9 heteroatoms. The molecule has 0 spiro atoms. The molecule has 0 saturated carbocycles. The van der Waals surface area contributed by atoms with Gasteiger partial charge in [-0.05, 0) is 55.6 Å². The van der Waals surface area contributed by atoms with Gasteiger partial charge in [-0.1, -0.05) is 11.6 Å². The van der Waals surface area contributed by atoms with E-state index in [4.69, 9.17) is 11.6 Å². The van der Waals surface area contributed by atoms with Crippen molar-refractivity contribution in [1.29, 1.82) is 0 Å². The number of hydrogen-bond acceptors (Lipinski definition) is 5. The van der Waals surface area contributed by atoms with Gasteiger partial charge in [0.25, 0.3) is 11.8 Å². The molecule has 1 aromatic heterocycles. The molecule has 1 aliphatic rings. The summed E-state index contributed by atoms with van der Waals surface area (Å²) in [5.41, 5.74) is 0.582. The molecule has 0 aliphatic carbocycles. The smallest absolute Gasteiger partial charge is 0.260 e. The number of nitrogens with zero attached hydrogens (tertiary/aromatic N) is 1. The predicted molar refractivity (Wildman–Crippen MR) is 111 cm³/mol. The van der Waals surface area contributed by atoms with Crippen molar-refractivity contribution in [2.24, 2.45) is 5.92 Å². The summed E-state index contributed by atoms with van der Waals surface area (Å²) >= 11 is 7.07. The number of benzene rings is 1. The lowest BCUT2D eigenvalue weighted by atomic mass is 10.1. The van der Waals surface area contributed by atoms with E-state index in [2.05, 4.69) is 10.6 Å². The summed E-state index contributed by atoms with van der Waals surface area (Å²) in [6.45, 7) is 2.31. The molecule has 2 aromatic rings. The SMILES string of the molecule is CNCC1CCN(C(=O)c2ccsc2NC(=O)c2ccc(Cl)cc2O)C1.Cl. The molecule has 6 nitrogen and oxygen atoms in total. The second kappa shape index (κ2) is 9.41. The van der Waals surface area contributed by atoms with Crippen LogP contribution in [0.3, 0.4) is 0 Å². The fraction of sp³-hybridized carbons (Fsp3) is 0.333. The van der Waals surface area contributed by atoms with E-state index in [0.717, 1.165) is 13.0 Å². The monoisotopic (exact) mass is 429 g/mol. The van der Waals surface area contributed by atoms with E-state index in [0.29, 0.717) is 34.6 Å². The summed E-state index contributed by atoms with van der Waals surface area (Å²) in [6, 6.07) is 6.01. The average Bonchev–Trinajstić information content (AvgIpc) is 3.24. The number of carbonyl (C=O) groups excluding carboxylic acids is 2. The quantitative estimate of drug-likeness (QED) is 0.679. The molecule has 146 valence electrons. The first kappa shape index (κ1) is 21.5. The number of rotatable bonds is 5. The van der Waals surface area contributed by atoms with Crippen molar-refractivity contribution < 1.29 is 14.7 Å². The first-order valence-electron chi connectivity index (χ1n) is 8.31. The van der Waals surface area contributed by atoms with Crippen LogP contribution in [-0.2, 0) is 0 Å². The molecule has 1 unspecified atom stereocenters. The largest absolute Gasteiger partial charge is 0.507 e. The van der Waals surface area contributed by atoms with E-state index >= 15 is 0 Å². The third-order valence-corrected chi connectivity index (χ3v) is 5.46. The summed E-state index contributed by atoms with van der Waals surface area (Å²) in [4.78, 5) is 27.1. The minimum absolute atomic E-state index is 0. The molecule has 2 heterocycles. The van der Waals surface area contributed by atoms with Gasteiger partial charge >= 0.3 is 0 Å². The predicted octanol–water partition coefficient (Wildman–Crippen LogP) is 3.46. The molecular weight excluding hydrogens is 409 g/mol. The van der Waals surface area contributed by atoms with Crippen LogP contribution < -0.4 is 10.6 Å². The standard InChI is InChI=1S/C18H20ClN3O3S.ClH/c1-20-9-11-4-6-22(10-11)18(25)14-5-7-26-17(14)21-16(24)13-3-2-12(19)8-15(13)23;/h2-3,5,7-8,11,20,23H,4,6,9-10H2,1H3,(H,21,24);1H. The maximum Gasteiger partial charge on any atom is 0.260 e. The van der Waals surface area contributed by atoms with E-state index in [1.54, 1.807) is 11.4 Å². The summed E-state index contributed by atoms with van der Waals surface area (Å²) in [5, 5.41) is 18.4. The lowest BCUT2D eigenvalue weighted by molar-refractivity contribution is 0.0788. The third kappa shape index (κ3) is 4.93. The highest BCUT2D eigenvalue weighted by atomic mass is 35.5. The van der Waals surface area contributed by atoms with Gasteiger partial charge in [-0.3, -0.25) is 9.59 Å².